The molecule has 0 aromatic heterocycles. The fourth-order valence-electron chi connectivity index (χ4n) is 1.21. The molecule has 22 heavy (non-hydrogen) atoms. The molecule has 1 aromatic rings. The van der Waals surface area contributed by atoms with Crippen molar-refractivity contribution in [2.75, 3.05) is 0 Å². The van der Waals surface area contributed by atoms with Gasteiger partial charge in [0.15, 0.2) is 0 Å². The van der Waals surface area contributed by atoms with Gasteiger partial charge in [-0.1, -0.05) is 18.2 Å². The zero-order chi connectivity index (χ0) is 16.5. The summed E-state index contributed by atoms with van der Waals surface area (Å²) in [6, 6.07) is 5.79. The summed E-state index contributed by atoms with van der Waals surface area (Å²) >= 11 is 0. The summed E-state index contributed by atoms with van der Waals surface area (Å²) in [5.41, 5.74) is -0.502. The van der Waals surface area contributed by atoms with Gasteiger partial charge in [-0.25, -0.2) is 4.79 Å². The minimum absolute atomic E-state index is 0. The second-order valence-corrected chi connectivity index (χ2v) is 5.22. The van der Waals surface area contributed by atoms with Crippen LogP contribution in [0.25, 0.3) is 0 Å². The van der Waals surface area contributed by atoms with Crippen molar-refractivity contribution >= 4 is 45.6 Å². The first-order chi connectivity index (χ1) is 9.37. The van der Waals surface area contributed by atoms with Gasteiger partial charge in [-0.3, -0.25) is 4.55 Å². The zero-order valence-corrected chi connectivity index (χ0v) is 10.7. The number of alkyl halides is 5. The summed E-state index contributed by atoms with van der Waals surface area (Å²) in [5, 5.41) is -5.74. The quantitative estimate of drug-likeness (QED) is 0.383. The Hall–Kier alpha value is -0.750. The molecule has 0 bridgehead atoms. The van der Waals surface area contributed by atoms with E-state index in [1.165, 1.54) is 18.2 Å². The first kappa shape index (κ1) is 21.2. The molecular weight excluding hydrogens is 350 g/mol. The van der Waals surface area contributed by atoms with Crippen molar-refractivity contribution in [1.29, 1.82) is 0 Å². The number of hydrogen-bond donors (Lipinski definition) is 1. The molecule has 1 N–H and O–H groups in total. The number of rotatable bonds is 4. The van der Waals surface area contributed by atoms with E-state index in [-0.39, 0.29) is 29.6 Å². The first-order valence-electron chi connectivity index (χ1n) is 5.05. The van der Waals surface area contributed by atoms with Gasteiger partial charge >= 0.3 is 57.1 Å². The van der Waals surface area contributed by atoms with Gasteiger partial charge in [0.25, 0.3) is 6.10 Å². The molecular formula is C10H8F5NaO5S. The molecule has 1 rings (SSSR count). The van der Waals surface area contributed by atoms with Gasteiger partial charge in [-0.2, -0.15) is 30.4 Å². The molecule has 5 nitrogen and oxygen atoms in total. The molecule has 0 aliphatic rings. The Morgan fingerprint density at radius 2 is 1.55 bits per heavy atom. The van der Waals surface area contributed by atoms with E-state index in [1.807, 2.05) is 0 Å². The SMILES string of the molecule is O=C(OC(C(F)(F)F)C(F)(F)S(=O)(=O)O)c1ccccc1.[NaH]. The standard InChI is InChI=1S/C10H7F5O5S.Na.H/c11-9(12,13)8(10(14,15)21(17,18)19)20-7(16)6-4-2-1-3-5-6;;/h1-5,8H,(H,17,18,19);;. The zero-order valence-electron chi connectivity index (χ0n) is 9.84. The Morgan fingerprint density at radius 1 is 1.09 bits per heavy atom. The van der Waals surface area contributed by atoms with Crippen LogP contribution < -0.4 is 0 Å². The molecule has 0 fully saturated rings. The Labute approximate surface area is 143 Å². The number of halogens is 5. The van der Waals surface area contributed by atoms with Gasteiger partial charge in [0.05, 0.1) is 5.56 Å². The number of ether oxygens (including phenoxy) is 1. The van der Waals surface area contributed by atoms with Crippen molar-refractivity contribution in [1.82, 2.24) is 0 Å². The van der Waals surface area contributed by atoms with E-state index in [9.17, 15) is 35.2 Å². The van der Waals surface area contributed by atoms with Crippen LogP contribution in [0.3, 0.4) is 0 Å². The van der Waals surface area contributed by atoms with E-state index >= 15 is 0 Å². The van der Waals surface area contributed by atoms with E-state index in [4.69, 9.17) is 4.55 Å². The van der Waals surface area contributed by atoms with Gasteiger partial charge < -0.3 is 4.74 Å². The molecule has 1 atom stereocenters. The number of carbonyl (C=O) groups is 1. The number of esters is 1. The summed E-state index contributed by atoms with van der Waals surface area (Å²) < 4.78 is 96.2. The molecule has 0 aliphatic heterocycles. The van der Waals surface area contributed by atoms with Crippen LogP contribution in [0.5, 0.6) is 0 Å². The van der Waals surface area contributed by atoms with Crippen molar-refractivity contribution < 1.29 is 44.5 Å². The molecule has 0 spiro atoms. The average Bonchev–Trinajstić information content (AvgIpc) is 2.33. The molecule has 1 aromatic carbocycles. The fourth-order valence-corrected chi connectivity index (χ4v) is 1.66. The maximum absolute atomic E-state index is 13.1. The van der Waals surface area contributed by atoms with Crippen molar-refractivity contribution in [3.05, 3.63) is 35.9 Å². The third-order valence-electron chi connectivity index (χ3n) is 2.18. The van der Waals surface area contributed by atoms with Crippen LogP contribution in [0, 0.1) is 0 Å². The molecule has 0 aliphatic carbocycles. The third-order valence-corrected chi connectivity index (χ3v) is 3.08. The van der Waals surface area contributed by atoms with E-state index in [0.29, 0.717) is 0 Å². The summed E-state index contributed by atoms with van der Waals surface area (Å²) in [6.45, 7) is 0. The molecule has 0 saturated carbocycles. The predicted octanol–water partition coefficient (Wildman–Crippen LogP) is 1.61. The Bertz CT molecular complexity index is 616. The summed E-state index contributed by atoms with van der Waals surface area (Å²) in [5.74, 6) is -1.82. The van der Waals surface area contributed by atoms with E-state index < -0.39 is 39.2 Å². The second kappa shape index (κ2) is 7.21. The van der Waals surface area contributed by atoms with E-state index in [1.54, 1.807) is 0 Å². The third kappa shape index (κ3) is 4.88. The Morgan fingerprint density at radius 3 is 1.91 bits per heavy atom. The summed E-state index contributed by atoms with van der Waals surface area (Å²) in [4.78, 5) is 11.3. The molecule has 1 unspecified atom stereocenters. The van der Waals surface area contributed by atoms with Crippen LogP contribution in [-0.2, 0) is 14.9 Å². The Balaban J connectivity index is 0.00000441. The average molecular weight is 358 g/mol. The fraction of sp³-hybridized carbons (Fsp3) is 0.300. The van der Waals surface area contributed by atoms with Crippen molar-refractivity contribution in [2.24, 2.45) is 0 Å². The summed E-state index contributed by atoms with van der Waals surface area (Å²) in [7, 11) is -6.44. The van der Waals surface area contributed by atoms with Gasteiger partial charge in [0, 0.05) is 0 Å². The van der Waals surface area contributed by atoms with Crippen LogP contribution in [0.15, 0.2) is 30.3 Å². The van der Waals surface area contributed by atoms with Crippen molar-refractivity contribution in [3.63, 3.8) is 0 Å². The van der Waals surface area contributed by atoms with Gasteiger partial charge in [0.2, 0.25) is 0 Å². The van der Waals surface area contributed by atoms with Crippen LogP contribution in [0.2, 0.25) is 0 Å². The second-order valence-electron chi connectivity index (χ2n) is 3.73. The van der Waals surface area contributed by atoms with Crippen molar-refractivity contribution in [2.45, 2.75) is 17.5 Å². The molecule has 12 heteroatoms. The van der Waals surface area contributed by atoms with Crippen LogP contribution in [0.4, 0.5) is 22.0 Å². The monoisotopic (exact) mass is 358 g/mol. The number of benzene rings is 1. The van der Waals surface area contributed by atoms with Crippen LogP contribution in [-0.4, -0.2) is 66.0 Å². The Kier molecular flexibility index (Phi) is 6.97. The first-order valence-corrected chi connectivity index (χ1v) is 6.49. The number of carbonyl (C=O) groups excluding carboxylic acids is 1. The molecule has 120 valence electrons. The predicted molar refractivity (Wildman–Crippen MR) is 65.3 cm³/mol. The number of hydrogen-bond acceptors (Lipinski definition) is 4. The van der Waals surface area contributed by atoms with E-state index in [0.717, 1.165) is 12.1 Å². The molecule has 0 radical (unpaired) electrons. The summed E-state index contributed by atoms with van der Waals surface area (Å²) in [6.07, 6.45) is -10.3. The minimum atomic E-state index is -6.44. The van der Waals surface area contributed by atoms with E-state index in [2.05, 4.69) is 4.74 Å². The molecule has 0 amide bonds. The topological polar surface area (TPSA) is 80.7 Å². The molecule has 0 saturated heterocycles. The van der Waals surface area contributed by atoms with Crippen LogP contribution >= 0.6 is 0 Å². The molecule has 0 heterocycles. The van der Waals surface area contributed by atoms with Gasteiger partial charge in [-0.15, -0.1) is 0 Å². The van der Waals surface area contributed by atoms with Crippen LogP contribution in [0.1, 0.15) is 10.4 Å². The maximum atomic E-state index is 13.1. The van der Waals surface area contributed by atoms with Crippen molar-refractivity contribution in [3.8, 4) is 0 Å². The van der Waals surface area contributed by atoms with Gasteiger partial charge in [-0.05, 0) is 12.1 Å². The van der Waals surface area contributed by atoms with Gasteiger partial charge in [0.1, 0.15) is 0 Å². The normalized spacial score (nSPS) is 13.9.